The van der Waals surface area contributed by atoms with Gasteiger partial charge in [-0.15, -0.1) is 0 Å². The quantitative estimate of drug-likeness (QED) is 0.0188. The van der Waals surface area contributed by atoms with E-state index >= 15 is 0 Å². The first kappa shape index (κ1) is 45.5. The molecule has 0 radical (unpaired) electrons. The lowest BCUT2D eigenvalue weighted by Gasteiger charge is -2.58. The fourth-order valence-corrected chi connectivity index (χ4v) is 11.8. The molecule has 0 saturated heterocycles. The van der Waals surface area contributed by atoms with Gasteiger partial charge < -0.3 is 31.7 Å². The number of aliphatic imine (C=N–C) groups is 1. The second-order valence-corrected chi connectivity index (χ2v) is 19.2. The lowest BCUT2D eigenvalue weighted by atomic mass is 9.47. The number of benzene rings is 1. The van der Waals surface area contributed by atoms with E-state index < -0.39 is 6.04 Å². The molecule has 3 saturated carbocycles. The maximum absolute atomic E-state index is 13.5. The average molecular weight is 819 g/mol. The second kappa shape index (κ2) is 20.6. The third-order valence-electron chi connectivity index (χ3n) is 14.7. The molecule has 0 bridgehead atoms. The van der Waals surface area contributed by atoms with E-state index in [9.17, 15) is 9.59 Å². The van der Waals surface area contributed by atoms with Crippen molar-refractivity contribution < 1.29 is 14.3 Å². The summed E-state index contributed by atoms with van der Waals surface area (Å²) in [7, 11) is 0. The Kier molecular flexibility index (Phi) is 16.2. The minimum atomic E-state index is -0.697. The van der Waals surface area contributed by atoms with Crippen LogP contribution >= 0.6 is 12.6 Å². The zero-order valence-corrected chi connectivity index (χ0v) is 36.9. The van der Waals surface area contributed by atoms with E-state index in [4.69, 9.17) is 27.0 Å². The minimum absolute atomic E-state index is 0.109. The molecule has 0 aromatic heterocycles. The van der Waals surface area contributed by atoms with Crippen LogP contribution in [0.15, 0.2) is 40.9 Å². The number of carbonyl (C=O) groups excluding carboxylic acids is 2. The molecule has 4 aliphatic carbocycles. The molecule has 5 rings (SSSR count). The van der Waals surface area contributed by atoms with Gasteiger partial charge in [0.2, 0.25) is 5.91 Å². The van der Waals surface area contributed by atoms with Crippen molar-refractivity contribution in [3.63, 3.8) is 0 Å². The number of hydrogen-bond donors (Lipinski definition) is 7. The van der Waals surface area contributed by atoms with Crippen molar-refractivity contribution in [3.8, 4) is 0 Å². The number of nitrogens with one attached hydrogen (secondary N) is 4. The van der Waals surface area contributed by atoms with Crippen molar-refractivity contribution in [2.45, 2.75) is 130 Å². The molecular weight excluding hydrogens is 745 g/mol. The number of amides is 1. The van der Waals surface area contributed by atoms with E-state index in [0.717, 1.165) is 60.3 Å². The molecular formula is C46H74N8O3S. The topological polar surface area (TPSA) is 183 Å². The Hall–Kier alpha value is -3.54. The molecule has 12 heteroatoms. The highest BCUT2D eigenvalue weighted by Gasteiger charge is 2.59. The molecule has 3 fully saturated rings. The van der Waals surface area contributed by atoms with Crippen LogP contribution < -0.4 is 22.1 Å². The SMILES string of the molecule is CC(C)CCCC(C)C1CCC2C3CC=C4CC(OC(=O)c5ccc(/C=N/C(CS)C(=O)N(CCCNC(=N)N)CCCNC(=N)N)cc5)CCC4(C)C3CCC12C. The first-order valence-corrected chi connectivity index (χ1v) is 22.9. The number of rotatable bonds is 19. The summed E-state index contributed by atoms with van der Waals surface area (Å²) in [4.78, 5) is 33.2. The van der Waals surface area contributed by atoms with Crippen LogP contribution in [0.5, 0.6) is 0 Å². The fourth-order valence-electron chi connectivity index (χ4n) is 11.6. The predicted molar refractivity (Wildman–Crippen MR) is 240 cm³/mol. The van der Waals surface area contributed by atoms with Crippen LogP contribution in [-0.4, -0.2) is 79.0 Å². The zero-order valence-electron chi connectivity index (χ0n) is 36.0. The summed E-state index contributed by atoms with van der Waals surface area (Å²) in [5.41, 5.74) is 14.3. The van der Waals surface area contributed by atoms with Gasteiger partial charge in [0.05, 0.1) is 5.56 Å². The van der Waals surface area contributed by atoms with E-state index in [1.807, 2.05) is 12.1 Å². The third-order valence-corrected chi connectivity index (χ3v) is 15.0. The van der Waals surface area contributed by atoms with Crippen LogP contribution in [0.25, 0.3) is 0 Å². The Morgan fingerprint density at radius 2 is 1.62 bits per heavy atom. The second-order valence-electron chi connectivity index (χ2n) is 18.9. The van der Waals surface area contributed by atoms with Gasteiger partial charge in [-0.05, 0) is 122 Å². The van der Waals surface area contributed by atoms with Gasteiger partial charge in [-0.2, -0.15) is 12.6 Å². The normalized spacial score (nSPS) is 28.7. The van der Waals surface area contributed by atoms with E-state index in [0.29, 0.717) is 50.0 Å². The Morgan fingerprint density at radius 3 is 2.24 bits per heavy atom. The van der Waals surface area contributed by atoms with Crippen LogP contribution in [-0.2, 0) is 9.53 Å². The standard InChI is InChI=1S/C46H74N8O3S/c1-30(2)9-6-10-31(3)37-17-18-38-36-16-15-34-27-35(19-21-45(34,4)39(36)20-22-46(37,38)5)57-42(56)33-13-11-32(12-14-33)28-53-40(29-58)41(55)54(25-7-23-51-43(47)48)26-8-24-52-44(49)50/h11-15,28,30-31,35-40,58H,6-10,16-27,29H2,1-5H3,(H4,47,48,51)(H4,49,50,52)/b53-28+. The lowest BCUT2D eigenvalue weighted by molar-refractivity contribution is -0.132. The van der Waals surface area contributed by atoms with Crippen LogP contribution in [0.4, 0.5) is 0 Å². The molecule has 1 amide bonds. The number of allylic oxidation sites excluding steroid dienone is 1. The molecule has 58 heavy (non-hydrogen) atoms. The van der Waals surface area contributed by atoms with Crippen LogP contribution in [0, 0.1) is 57.2 Å². The van der Waals surface area contributed by atoms with Gasteiger partial charge in [0.25, 0.3) is 0 Å². The number of guanidine groups is 2. The zero-order chi connectivity index (χ0) is 42.0. The predicted octanol–water partition coefficient (Wildman–Crippen LogP) is 7.55. The number of esters is 1. The Labute approximate surface area is 354 Å². The Balaban J connectivity index is 1.14. The molecule has 0 heterocycles. The van der Waals surface area contributed by atoms with Gasteiger partial charge in [-0.1, -0.05) is 77.7 Å². The van der Waals surface area contributed by atoms with Crippen molar-refractivity contribution in [2.75, 3.05) is 31.9 Å². The van der Waals surface area contributed by atoms with Gasteiger partial charge in [0.1, 0.15) is 12.1 Å². The van der Waals surface area contributed by atoms with Gasteiger partial charge in [0.15, 0.2) is 11.9 Å². The van der Waals surface area contributed by atoms with Crippen molar-refractivity contribution in [2.24, 2.45) is 62.8 Å². The minimum Gasteiger partial charge on any atom is -0.458 e. The summed E-state index contributed by atoms with van der Waals surface area (Å²) in [5.74, 6) is 4.38. The molecule has 1 aromatic rings. The number of thiol groups is 1. The van der Waals surface area contributed by atoms with Crippen molar-refractivity contribution in [1.82, 2.24) is 15.5 Å². The average Bonchev–Trinajstić information content (AvgIpc) is 3.54. The first-order valence-electron chi connectivity index (χ1n) is 22.2. The maximum atomic E-state index is 13.5. The van der Waals surface area contributed by atoms with Crippen molar-refractivity contribution in [1.29, 1.82) is 10.8 Å². The molecule has 9 unspecified atom stereocenters. The number of carbonyl (C=O) groups is 2. The van der Waals surface area contributed by atoms with E-state index in [1.165, 1.54) is 56.9 Å². The molecule has 8 N–H and O–H groups in total. The number of nitrogens with zero attached hydrogens (tertiary/aromatic N) is 2. The summed E-state index contributed by atoms with van der Waals surface area (Å²) in [6, 6.07) is 6.51. The van der Waals surface area contributed by atoms with Crippen LogP contribution in [0.3, 0.4) is 0 Å². The number of fused-ring (bicyclic) bond motifs is 5. The molecule has 322 valence electrons. The molecule has 0 spiro atoms. The lowest BCUT2D eigenvalue weighted by Crippen LogP contribution is -2.51. The summed E-state index contributed by atoms with van der Waals surface area (Å²) < 4.78 is 6.18. The Bertz CT molecular complexity index is 1610. The van der Waals surface area contributed by atoms with Crippen LogP contribution in [0.1, 0.15) is 134 Å². The summed E-state index contributed by atoms with van der Waals surface area (Å²) in [6.07, 6.45) is 18.9. The van der Waals surface area contributed by atoms with Crippen molar-refractivity contribution in [3.05, 3.63) is 47.0 Å². The molecule has 0 aliphatic heterocycles. The first-order chi connectivity index (χ1) is 27.7. The maximum Gasteiger partial charge on any atom is 0.338 e. The van der Waals surface area contributed by atoms with E-state index in [-0.39, 0.29) is 41.1 Å². The Morgan fingerprint density at radius 1 is 0.948 bits per heavy atom. The largest absolute Gasteiger partial charge is 0.458 e. The van der Waals surface area contributed by atoms with Crippen molar-refractivity contribution >= 4 is 42.6 Å². The summed E-state index contributed by atoms with van der Waals surface area (Å²) >= 11 is 4.43. The van der Waals surface area contributed by atoms with Gasteiger partial charge >= 0.3 is 5.97 Å². The van der Waals surface area contributed by atoms with E-state index in [2.05, 4.69) is 68.9 Å². The molecule has 1 aromatic carbocycles. The number of hydrogen-bond acceptors (Lipinski definition) is 7. The molecule has 11 nitrogen and oxygen atoms in total. The third kappa shape index (κ3) is 11.2. The van der Waals surface area contributed by atoms with Gasteiger partial charge in [-0.25, -0.2) is 4.79 Å². The molecule has 9 atom stereocenters. The smallest absolute Gasteiger partial charge is 0.338 e. The summed E-state index contributed by atoms with van der Waals surface area (Å²) in [5, 5.41) is 20.3. The van der Waals surface area contributed by atoms with E-state index in [1.54, 1.807) is 23.2 Å². The molecule has 4 aliphatic rings. The fraction of sp³-hybridized carbons (Fsp3) is 0.717. The van der Waals surface area contributed by atoms with Crippen LogP contribution in [0.2, 0.25) is 0 Å². The van der Waals surface area contributed by atoms with Gasteiger partial charge in [-0.3, -0.25) is 20.6 Å². The number of nitrogens with two attached hydrogens (primary N) is 2. The van der Waals surface area contributed by atoms with Gasteiger partial charge in [0, 0.05) is 44.6 Å². The number of ether oxygens (including phenoxy) is 1. The highest BCUT2D eigenvalue weighted by atomic mass is 32.1. The monoisotopic (exact) mass is 819 g/mol. The highest BCUT2D eigenvalue weighted by molar-refractivity contribution is 7.80. The highest BCUT2D eigenvalue weighted by Crippen LogP contribution is 2.67. The summed E-state index contributed by atoms with van der Waals surface area (Å²) in [6.45, 7) is 14.3.